The lowest BCUT2D eigenvalue weighted by Crippen LogP contribution is -2.40. The molecule has 5 aromatic rings. The Hall–Kier alpha value is -5.33. The predicted molar refractivity (Wildman–Crippen MR) is 142 cm³/mol. The van der Waals surface area contributed by atoms with Gasteiger partial charge in [0.25, 0.3) is 5.56 Å². The third-order valence-electron chi connectivity index (χ3n) is 6.06. The van der Waals surface area contributed by atoms with Gasteiger partial charge in [-0.05, 0) is 53.6 Å². The van der Waals surface area contributed by atoms with Crippen LogP contribution in [0.5, 0.6) is 17.5 Å². The van der Waals surface area contributed by atoms with Gasteiger partial charge in [0, 0.05) is 18.5 Å². The molecule has 0 aliphatic heterocycles. The van der Waals surface area contributed by atoms with Gasteiger partial charge >= 0.3 is 18.3 Å². The first-order valence-electron chi connectivity index (χ1n) is 12.2. The molecule has 0 saturated heterocycles. The van der Waals surface area contributed by atoms with Crippen LogP contribution in [0, 0.1) is 5.82 Å². The largest absolute Gasteiger partial charge is 0.516 e. The van der Waals surface area contributed by atoms with E-state index in [-0.39, 0.29) is 48.3 Å². The number of benzene rings is 2. The van der Waals surface area contributed by atoms with Crippen molar-refractivity contribution in [1.82, 2.24) is 23.7 Å². The number of fused-ring (bicyclic) bond motifs is 1. The molecule has 0 aliphatic rings. The summed E-state index contributed by atoms with van der Waals surface area (Å²) in [6, 6.07) is 14.3. The van der Waals surface area contributed by atoms with Crippen LogP contribution in [0.4, 0.5) is 13.2 Å². The number of aliphatic hydroxyl groups excluding tert-OH is 1. The maximum absolute atomic E-state index is 13.7. The van der Waals surface area contributed by atoms with Gasteiger partial charge in [-0.3, -0.25) is 23.5 Å². The van der Waals surface area contributed by atoms with E-state index in [9.17, 15) is 27.9 Å². The second-order valence-corrected chi connectivity index (χ2v) is 8.76. The van der Waals surface area contributed by atoms with Crippen LogP contribution < -0.4 is 20.7 Å². The molecule has 0 unspecified atom stereocenters. The number of alkyl halides is 2. The Kier molecular flexibility index (Phi) is 7.85. The lowest BCUT2D eigenvalue weighted by atomic mass is 10.2. The number of aromatic nitrogens is 5. The van der Waals surface area contributed by atoms with Crippen LogP contribution in [0.15, 0.2) is 95.0 Å². The minimum absolute atomic E-state index is 0.00173. The summed E-state index contributed by atoms with van der Waals surface area (Å²) in [6.07, 6.45) is 5.07. The first kappa shape index (κ1) is 27.2. The number of nitrogens with zero attached hydrogens (tertiary/aromatic N) is 5. The fourth-order valence-corrected chi connectivity index (χ4v) is 4.21. The van der Waals surface area contributed by atoms with Crippen molar-refractivity contribution >= 4 is 11.2 Å². The Labute approximate surface area is 229 Å². The average molecular weight is 566 g/mol. The smallest absolute Gasteiger partial charge is 0.387 e. The van der Waals surface area contributed by atoms with Gasteiger partial charge in [0.2, 0.25) is 0 Å². The van der Waals surface area contributed by atoms with Gasteiger partial charge in [-0.1, -0.05) is 18.2 Å². The molecule has 2 aromatic carbocycles. The van der Waals surface area contributed by atoms with E-state index in [1.165, 1.54) is 63.7 Å². The highest BCUT2D eigenvalue weighted by Gasteiger charge is 2.23. The van der Waals surface area contributed by atoms with Crippen LogP contribution in [0.25, 0.3) is 11.2 Å². The van der Waals surface area contributed by atoms with E-state index in [1.807, 2.05) is 0 Å². The molecule has 1 N–H and O–H groups in total. The Morgan fingerprint density at radius 2 is 1.59 bits per heavy atom. The number of halogens is 3. The summed E-state index contributed by atoms with van der Waals surface area (Å²) in [5.41, 5.74) is -0.143. The molecule has 0 radical (unpaired) electrons. The summed E-state index contributed by atoms with van der Waals surface area (Å²) >= 11 is 0. The summed E-state index contributed by atoms with van der Waals surface area (Å²) in [4.78, 5) is 35.7. The molecule has 3 heterocycles. The molecule has 0 saturated carbocycles. The second-order valence-electron chi connectivity index (χ2n) is 8.76. The van der Waals surface area contributed by atoms with Crippen molar-refractivity contribution < 1.29 is 27.8 Å². The van der Waals surface area contributed by atoms with E-state index in [2.05, 4.69) is 14.7 Å². The molecule has 3 aromatic heterocycles. The molecule has 210 valence electrons. The van der Waals surface area contributed by atoms with Crippen molar-refractivity contribution in [2.45, 2.75) is 26.2 Å². The minimum Gasteiger partial charge on any atom is -0.516 e. The lowest BCUT2D eigenvalue weighted by Gasteiger charge is -2.13. The van der Waals surface area contributed by atoms with Gasteiger partial charge in [-0.15, -0.1) is 0 Å². The third-order valence-corrected chi connectivity index (χ3v) is 6.06. The molecule has 0 fully saturated rings. The van der Waals surface area contributed by atoms with Crippen LogP contribution in [0.2, 0.25) is 0 Å². The number of hydrogen-bond donors (Lipinski definition) is 1. The number of allylic oxidation sites excluding steroid dienone is 1. The lowest BCUT2D eigenvalue weighted by molar-refractivity contribution is -0.0499. The fourth-order valence-electron chi connectivity index (χ4n) is 4.21. The van der Waals surface area contributed by atoms with Gasteiger partial charge in [0.1, 0.15) is 17.3 Å². The van der Waals surface area contributed by atoms with Gasteiger partial charge in [-0.2, -0.15) is 13.8 Å². The first-order valence-corrected chi connectivity index (χ1v) is 12.2. The van der Waals surface area contributed by atoms with E-state index in [4.69, 9.17) is 4.74 Å². The van der Waals surface area contributed by atoms with E-state index in [1.54, 1.807) is 24.5 Å². The topological polar surface area (TPSA) is 113 Å². The summed E-state index contributed by atoms with van der Waals surface area (Å²) < 4.78 is 53.2. The van der Waals surface area contributed by atoms with Crippen LogP contribution in [-0.2, 0) is 19.6 Å². The van der Waals surface area contributed by atoms with Gasteiger partial charge < -0.3 is 14.6 Å². The van der Waals surface area contributed by atoms with E-state index < -0.39 is 23.7 Å². The van der Waals surface area contributed by atoms with Crippen molar-refractivity contribution in [1.29, 1.82) is 0 Å². The van der Waals surface area contributed by atoms with Gasteiger partial charge in [0.05, 0.1) is 25.9 Å². The fraction of sp³-hybridized carbons (Fsp3) is 0.143. The highest BCUT2D eigenvalue weighted by molar-refractivity contribution is 5.72. The molecule has 0 bridgehead atoms. The molecule has 10 nitrogen and oxygen atoms in total. The van der Waals surface area contributed by atoms with E-state index in [0.717, 1.165) is 10.8 Å². The number of aliphatic hydroxyl groups is 1. The zero-order valence-electron chi connectivity index (χ0n) is 21.2. The molecule has 0 atom stereocenters. The van der Waals surface area contributed by atoms with Crippen molar-refractivity contribution in [2.24, 2.45) is 0 Å². The zero-order valence-corrected chi connectivity index (χ0v) is 21.2. The summed E-state index contributed by atoms with van der Waals surface area (Å²) in [5, 5.41) is 9.21. The minimum atomic E-state index is -3.05. The van der Waals surface area contributed by atoms with E-state index >= 15 is 0 Å². The highest BCUT2D eigenvalue weighted by atomic mass is 19.3. The van der Waals surface area contributed by atoms with Crippen LogP contribution >= 0.6 is 0 Å². The van der Waals surface area contributed by atoms with Crippen LogP contribution in [-0.4, -0.2) is 35.4 Å². The molecular formula is C28H22F3N5O5. The standard InChI is InChI=1S/C28H22F3N5O5/c29-20-7-5-18(6-8-20)16-35-23-24(33-27(35)41-22-4-1-3-21(15-22)40-26(30)31)36(17-19-9-11-32-12-10-19)28(39)34(25(23)38)13-2-14-37/h1-12,14-15,26,37H,13,16-17H2/b14-2+. The first-order chi connectivity index (χ1) is 19.8. The Morgan fingerprint density at radius 1 is 0.902 bits per heavy atom. The monoisotopic (exact) mass is 565 g/mol. The zero-order chi connectivity index (χ0) is 28.9. The molecule has 41 heavy (non-hydrogen) atoms. The second kappa shape index (κ2) is 11.8. The van der Waals surface area contributed by atoms with Crippen molar-refractivity contribution in [3.8, 4) is 17.5 Å². The number of imidazole rings is 1. The molecule has 0 amide bonds. The van der Waals surface area contributed by atoms with Gasteiger partial charge in [0.15, 0.2) is 11.2 Å². The molecular weight excluding hydrogens is 543 g/mol. The van der Waals surface area contributed by atoms with Crippen molar-refractivity contribution in [3.63, 3.8) is 0 Å². The maximum Gasteiger partial charge on any atom is 0.387 e. The van der Waals surface area contributed by atoms with E-state index in [0.29, 0.717) is 11.1 Å². The summed E-state index contributed by atoms with van der Waals surface area (Å²) in [6.45, 7) is -3.28. The third kappa shape index (κ3) is 5.98. The predicted octanol–water partition coefficient (Wildman–Crippen LogP) is 4.46. The van der Waals surface area contributed by atoms with Crippen LogP contribution in [0.3, 0.4) is 0 Å². The highest BCUT2D eigenvalue weighted by Crippen LogP contribution is 2.28. The molecule has 5 rings (SSSR count). The number of pyridine rings is 1. The number of rotatable bonds is 10. The van der Waals surface area contributed by atoms with Crippen LogP contribution in [0.1, 0.15) is 11.1 Å². The normalized spacial score (nSPS) is 11.5. The molecule has 0 aliphatic carbocycles. The summed E-state index contributed by atoms with van der Waals surface area (Å²) in [7, 11) is 0. The van der Waals surface area contributed by atoms with Crippen molar-refractivity contribution in [3.05, 3.63) is 123 Å². The van der Waals surface area contributed by atoms with Crippen molar-refractivity contribution in [2.75, 3.05) is 0 Å². The average Bonchev–Trinajstić information content (AvgIpc) is 3.30. The summed E-state index contributed by atoms with van der Waals surface area (Å²) in [5.74, 6) is -0.544. The number of hydrogen-bond acceptors (Lipinski definition) is 7. The quantitative estimate of drug-likeness (QED) is 0.249. The Morgan fingerprint density at radius 3 is 2.29 bits per heavy atom. The Bertz CT molecular complexity index is 1820. The molecule has 0 spiro atoms. The maximum atomic E-state index is 13.7. The SMILES string of the molecule is O=c1c2c(nc(Oc3cccc(OC(F)F)c3)n2Cc2ccc(F)cc2)n(Cc2ccncc2)c(=O)n1C/C=C/O. The molecule has 13 heteroatoms. The van der Waals surface area contributed by atoms with Gasteiger partial charge in [-0.25, -0.2) is 9.18 Å². The number of ether oxygens (including phenoxy) is 2. The Balaban J connectivity index is 1.73.